The molecule has 156 valence electrons. The van der Waals surface area contributed by atoms with Gasteiger partial charge in [-0.2, -0.15) is 0 Å². The average molecular weight is 389 g/mol. The van der Waals surface area contributed by atoms with Crippen molar-refractivity contribution in [3.8, 4) is 0 Å². The Hall–Kier alpha value is -2.08. The van der Waals surface area contributed by atoms with Crippen LogP contribution in [0.4, 0.5) is 0 Å². The van der Waals surface area contributed by atoms with Crippen LogP contribution in [0.5, 0.6) is 0 Å². The van der Waals surface area contributed by atoms with Crippen LogP contribution in [0.2, 0.25) is 0 Å². The largest absolute Gasteiger partial charge is 0.376 e. The van der Waals surface area contributed by atoms with Crippen molar-refractivity contribution in [3.63, 3.8) is 0 Å². The predicted molar refractivity (Wildman–Crippen MR) is 115 cm³/mol. The molecular weight excluding hydrogens is 352 g/mol. The number of hydrogen-bond acceptors (Lipinski definition) is 3. The number of carbonyl (C=O) groups is 1. The van der Waals surface area contributed by atoms with Gasteiger partial charge in [-0.15, -0.1) is 0 Å². The minimum absolute atomic E-state index is 0.0571. The molecule has 0 heterocycles. The van der Waals surface area contributed by atoms with Crippen LogP contribution in [-0.4, -0.2) is 51.3 Å². The number of nitrogens with zero attached hydrogens (tertiary/aromatic N) is 1. The van der Waals surface area contributed by atoms with Gasteiger partial charge in [0, 0.05) is 25.7 Å². The van der Waals surface area contributed by atoms with E-state index in [2.05, 4.69) is 27.9 Å². The number of ether oxygens (including phenoxy) is 1. The van der Waals surface area contributed by atoms with Gasteiger partial charge in [-0.05, 0) is 43.9 Å². The number of nitrogens with one attached hydrogen (secondary N) is 3. The lowest BCUT2D eigenvalue weighted by Crippen LogP contribution is -2.38. The SMILES string of the molecule is CCNC(=NCCOC1CCCCCC1)NCCc1cccc(C(=O)NC)c1. The van der Waals surface area contributed by atoms with E-state index in [1.165, 1.54) is 38.5 Å². The van der Waals surface area contributed by atoms with Crippen LogP contribution in [0.25, 0.3) is 0 Å². The molecule has 1 amide bonds. The fourth-order valence-corrected chi connectivity index (χ4v) is 3.46. The van der Waals surface area contributed by atoms with Crippen molar-refractivity contribution < 1.29 is 9.53 Å². The molecule has 0 aliphatic heterocycles. The van der Waals surface area contributed by atoms with Crippen molar-refractivity contribution >= 4 is 11.9 Å². The van der Waals surface area contributed by atoms with Crippen molar-refractivity contribution in [2.24, 2.45) is 4.99 Å². The average Bonchev–Trinajstić information content (AvgIpc) is 2.99. The number of benzene rings is 1. The van der Waals surface area contributed by atoms with Crippen molar-refractivity contribution in [3.05, 3.63) is 35.4 Å². The first-order chi connectivity index (χ1) is 13.7. The molecule has 6 heteroatoms. The van der Waals surface area contributed by atoms with E-state index in [0.717, 1.165) is 31.0 Å². The summed E-state index contributed by atoms with van der Waals surface area (Å²) in [7, 11) is 1.65. The molecular formula is C22H36N4O2. The Morgan fingerprint density at radius 2 is 1.96 bits per heavy atom. The first kappa shape index (κ1) is 22.2. The minimum atomic E-state index is -0.0571. The second kappa shape index (κ2) is 13.2. The third-order valence-corrected chi connectivity index (χ3v) is 4.98. The van der Waals surface area contributed by atoms with E-state index in [1.807, 2.05) is 24.3 Å². The molecule has 28 heavy (non-hydrogen) atoms. The van der Waals surface area contributed by atoms with Gasteiger partial charge in [-0.3, -0.25) is 9.79 Å². The normalized spacial score (nSPS) is 15.7. The van der Waals surface area contributed by atoms with Crippen LogP contribution in [0, 0.1) is 0 Å². The van der Waals surface area contributed by atoms with Crippen molar-refractivity contribution in [2.45, 2.75) is 58.0 Å². The molecule has 6 nitrogen and oxygen atoms in total. The molecule has 2 rings (SSSR count). The molecule has 3 N–H and O–H groups in total. The molecule has 1 aromatic rings. The highest BCUT2D eigenvalue weighted by Gasteiger charge is 2.12. The zero-order valence-electron chi connectivity index (χ0n) is 17.4. The maximum Gasteiger partial charge on any atom is 0.251 e. The number of aliphatic imine (C=N–C) groups is 1. The molecule has 0 bridgehead atoms. The summed E-state index contributed by atoms with van der Waals surface area (Å²) in [5, 5.41) is 9.30. The highest BCUT2D eigenvalue weighted by atomic mass is 16.5. The Kier molecular flexibility index (Phi) is 10.4. The van der Waals surface area contributed by atoms with Crippen LogP contribution in [-0.2, 0) is 11.2 Å². The zero-order valence-corrected chi connectivity index (χ0v) is 17.4. The van der Waals surface area contributed by atoms with E-state index in [9.17, 15) is 4.79 Å². The first-order valence-corrected chi connectivity index (χ1v) is 10.7. The van der Waals surface area contributed by atoms with Crippen molar-refractivity contribution in [2.75, 3.05) is 33.3 Å². The maximum absolute atomic E-state index is 11.7. The second-order valence-corrected chi connectivity index (χ2v) is 7.20. The number of guanidine groups is 1. The molecule has 0 unspecified atom stereocenters. The number of carbonyl (C=O) groups excluding carboxylic acids is 1. The van der Waals surface area contributed by atoms with Gasteiger partial charge in [-0.25, -0.2) is 0 Å². The molecule has 0 radical (unpaired) electrons. The lowest BCUT2D eigenvalue weighted by atomic mass is 10.1. The summed E-state index contributed by atoms with van der Waals surface area (Å²) < 4.78 is 6.01. The quantitative estimate of drug-likeness (QED) is 0.263. The standard InChI is InChI=1S/C22H36N4O2/c1-3-24-22(26-15-16-28-20-11-6-4-5-7-12-20)25-14-13-18-9-8-10-19(17-18)21(27)23-2/h8-10,17,20H,3-7,11-16H2,1-2H3,(H,23,27)(H2,24,25,26). The monoisotopic (exact) mass is 388 g/mol. The first-order valence-electron chi connectivity index (χ1n) is 10.7. The predicted octanol–water partition coefficient (Wildman–Crippen LogP) is 2.88. The smallest absolute Gasteiger partial charge is 0.251 e. The van der Waals surface area contributed by atoms with Crippen molar-refractivity contribution in [1.29, 1.82) is 0 Å². The summed E-state index contributed by atoms with van der Waals surface area (Å²) in [4.78, 5) is 16.4. The molecule has 0 saturated heterocycles. The number of hydrogen-bond donors (Lipinski definition) is 3. The molecule has 0 spiro atoms. The van der Waals surface area contributed by atoms with E-state index in [1.54, 1.807) is 7.05 Å². The van der Waals surface area contributed by atoms with Gasteiger partial charge in [0.2, 0.25) is 0 Å². The molecule has 0 atom stereocenters. The molecule has 0 aromatic heterocycles. The Bertz CT molecular complexity index is 610. The lowest BCUT2D eigenvalue weighted by Gasteiger charge is -2.15. The van der Waals surface area contributed by atoms with Gasteiger partial charge >= 0.3 is 0 Å². The Balaban J connectivity index is 1.74. The Labute approximate surface area is 169 Å². The van der Waals surface area contributed by atoms with Crippen LogP contribution in [0.3, 0.4) is 0 Å². The van der Waals surface area contributed by atoms with Crippen LogP contribution in [0.15, 0.2) is 29.3 Å². The van der Waals surface area contributed by atoms with Crippen LogP contribution < -0.4 is 16.0 Å². The fourth-order valence-electron chi connectivity index (χ4n) is 3.46. The topological polar surface area (TPSA) is 74.8 Å². The summed E-state index contributed by atoms with van der Waals surface area (Å²) in [6.45, 7) is 4.98. The third-order valence-electron chi connectivity index (χ3n) is 4.98. The highest BCUT2D eigenvalue weighted by molar-refractivity contribution is 5.94. The van der Waals surface area contributed by atoms with E-state index >= 15 is 0 Å². The molecule has 1 saturated carbocycles. The summed E-state index contributed by atoms with van der Waals surface area (Å²) in [6.07, 6.45) is 8.90. The maximum atomic E-state index is 11.7. The summed E-state index contributed by atoms with van der Waals surface area (Å²) >= 11 is 0. The van der Waals surface area contributed by atoms with E-state index in [0.29, 0.717) is 24.8 Å². The second-order valence-electron chi connectivity index (χ2n) is 7.20. The van der Waals surface area contributed by atoms with Crippen LogP contribution in [0.1, 0.15) is 61.4 Å². The molecule has 1 aliphatic rings. The van der Waals surface area contributed by atoms with Gasteiger partial charge in [0.1, 0.15) is 0 Å². The summed E-state index contributed by atoms with van der Waals surface area (Å²) in [6, 6.07) is 7.73. The zero-order chi connectivity index (χ0) is 20.0. The lowest BCUT2D eigenvalue weighted by molar-refractivity contribution is 0.0487. The van der Waals surface area contributed by atoms with E-state index in [-0.39, 0.29) is 5.91 Å². The fraction of sp³-hybridized carbons (Fsp3) is 0.636. The van der Waals surface area contributed by atoms with Crippen LogP contribution >= 0.6 is 0 Å². The highest BCUT2D eigenvalue weighted by Crippen LogP contribution is 2.19. The summed E-state index contributed by atoms with van der Waals surface area (Å²) in [5.74, 6) is 0.757. The van der Waals surface area contributed by atoms with Gasteiger partial charge in [0.25, 0.3) is 5.91 Å². The Morgan fingerprint density at radius 1 is 1.18 bits per heavy atom. The molecule has 1 aromatic carbocycles. The summed E-state index contributed by atoms with van der Waals surface area (Å²) in [5.41, 5.74) is 1.82. The molecule has 1 aliphatic carbocycles. The van der Waals surface area contributed by atoms with Gasteiger partial charge in [0.15, 0.2) is 5.96 Å². The Morgan fingerprint density at radius 3 is 2.68 bits per heavy atom. The van der Waals surface area contributed by atoms with E-state index in [4.69, 9.17) is 4.74 Å². The van der Waals surface area contributed by atoms with Gasteiger partial charge < -0.3 is 20.7 Å². The number of amides is 1. The van der Waals surface area contributed by atoms with E-state index < -0.39 is 0 Å². The number of rotatable bonds is 9. The minimum Gasteiger partial charge on any atom is -0.376 e. The third kappa shape index (κ3) is 8.30. The van der Waals surface area contributed by atoms with Gasteiger partial charge in [0.05, 0.1) is 19.3 Å². The molecule has 1 fully saturated rings. The van der Waals surface area contributed by atoms with Gasteiger partial charge in [-0.1, -0.05) is 37.8 Å². The van der Waals surface area contributed by atoms with Crippen molar-refractivity contribution in [1.82, 2.24) is 16.0 Å².